The van der Waals surface area contributed by atoms with E-state index in [1.165, 1.54) is 0 Å². The largest absolute Gasteiger partial charge is 0.441 e. The lowest BCUT2D eigenvalue weighted by Crippen LogP contribution is -2.49. The van der Waals surface area contributed by atoms with Gasteiger partial charge in [0, 0.05) is 57.3 Å². The van der Waals surface area contributed by atoms with Crippen molar-refractivity contribution in [1.82, 2.24) is 19.4 Å². The third-order valence-corrected chi connectivity index (χ3v) is 5.75. The van der Waals surface area contributed by atoms with Crippen molar-refractivity contribution in [1.29, 1.82) is 0 Å². The van der Waals surface area contributed by atoms with Gasteiger partial charge in [-0.3, -0.25) is 4.79 Å². The van der Waals surface area contributed by atoms with Crippen LogP contribution in [0.5, 0.6) is 0 Å². The molecule has 7 nitrogen and oxygen atoms in total. The molecule has 1 aromatic rings. The Morgan fingerprint density at radius 3 is 2.73 bits per heavy atom. The molecule has 26 heavy (non-hydrogen) atoms. The van der Waals surface area contributed by atoms with E-state index >= 15 is 0 Å². The molecule has 0 bridgehead atoms. The molecule has 1 atom stereocenters. The van der Waals surface area contributed by atoms with Gasteiger partial charge in [-0.05, 0) is 20.3 Å². The van der Waals surface area contributed by atoms with Crippen LogP contribution in [-0.4, -0.2) is 62.6 Å². The molecule has 1 spiro atoms. The topological polar surface area (TPSA) is 67.7 Å². The zero-order valence-electron chi connectivity index (χ0n) is 16.1. The molecule has 0 N–H and O–H groups in total. The van der Waals surface area contributed by atoms with Crippen molar-refractivity contribution in [3.8, 4) is 0 Å². The molecule has 1 unspecified atom stereocenters. The number of carbonyl (C=O) groups excluding carboxylic acids is 2. The predicted octanol–water partition coefficient (Wildman–Crippen LogP) is 2.58. The van der Waals surface area contributed by atoms with Crippen molar-refractivity contribution < 1.29 is 14.3 Å². The van der Waals surface area contributed by atoms with Crippen LogP contribution in [-0.2, 0) is 16.1 Å². The molecule has 3 rings (SSSR count). The van der Waals surface area contributed by atoms with Gasteiger partial charge in [-0.25, -0.2) is 9.78 Å². The van der Waals surface area contributed by atoms with E-state index in [1.807, 2.05) is 27.5 Å². The number of aryl methyl sites for hydroxylation is 2. The number of hydrogen-bond acceptors (Lipinski definition) is 4. The molecule has 3 heterocycles. The highest BCUT2D eigenvalue weighted by Gasteiger charge is 2.48. The van der Waals surface area contributed by atoms with Crippen LogP contribution in [0.1, 0.15) is 51.8 Å². The van der Waals surface area contributed by atoms with Gasteiger partial charge in [0.05, 0.1) is 6.54 Å². The molecular weight excluding hydrogens is 332 g/mol. The van der Waals surface area contributed by atoms with E-state index in [0.29, 0.717) is 32.6 Å². The molecular formula is C19H30N4O3. The van der Waals surface area contributed by atoms with E-state index in [4.69, 9.17) is 4.74 Å². The average Bonchev–Trinajstić information content (AvgIpc) is 3.17. The van der Waals surface area contributed by atoms with Crippen LogP contribution in [0.15, 0.2) is 12.4 Å². The van der Waals surface area contributed by atoms with Gasteiger partial charge in [0.25, 0.3) is 0 Å². The minimum atomic E-state index is -0.406. The third-order valence-electron chi connectivity index (χ3n) is 5.75. The maximum absolute atomic E-state index is 12.5. The number of ether oxygens (including phenoxy) is 1. The number of aromatic nitrogens is 2. The van der Waals surface area contributed by atoms with E-state index in [1.54, 1.807) is 6.20 Å². The summed E-state index contributed by atoms with van der Waals surface area (Å²) in [6, 6.07) is 0.213. The van der Waals surface area contributed by atoms with Gasteiger partial charge in [-0.2, -0.15) is 0 Å². The molecule has 2 aliphatic heterocycles. The van der Waals surface area contributed by atoms with Gasteiger partial charge < -0.3 is 19.1 Å². The smallest absolute Gasteiger partial charge is 0.410 e. The van der Waals surface area contributed by atoms with Crippen molar-refractivity contribution in [2.24, 2.45) is 0 Å². The van der Waals surface area contributed by atoms with Crippen LogP contribution in [0.4, 0.5) is 4.79 Å². The van der Waals surface area contributed by atoms with Gasteiger partial charge in [0.15, 0.2) is 0 Å². The molecule has 0 aromatic carbocycles. The number of imidazole rings is 1. The highest BCUT2D eigenvalue weighted by molar-refractivity contribution is 5.76. The highest BCUT2D eigenvalue weighted by atomic mass is 16.6. The number of likely N-dealkylation sites (tertiary alicyclic amines) is 1. The molecule has 7 heteroatoms. The van der Waals surface area contributed by atoms with Gasteiger partial charge in [0.1, 0.15) is 11.4 Å². The summed E-state index contributed by atoms with van der Waals surface area (Å²) in [5.74, 6) is 1.09. The second kappa shape index (κ2) is 7.68. The van der Waals surface area contributed by atoms with Gasteiger partial charge in [0.2, 0.25) is 5.91 Å². The van der Waals surface area contributed by atoms with Crippen LogP contribution in [0, 0.1) is 6.92 Å². The van der Waals surface area contributed by atoms with Crippen molar-refractivity contribution in [2.75, 3.05) is 19.6 Å². The van der Waals surface area contributed by atoms with Crippen LogP contribution < -0.4 is 0 Å². The second-order valence-corrected chi connectivity index (χ2v) is 7.62. The van der Waals surface area contributed by atoms with Gasteiger partial charge in [-0.1, -0.05) is 13.3 Å². The zero-order chi connectivity index (χ0) is 18.7. The summed E-state index contributed by atoms with van der Waals surface area (Å²) in [5, 5.41) is 0. The SMILES string of the molecule is CCCC(C)N1CC2(CCN(C(=O)CCn3ccnc3C)CC2)OC1=O. The molecule has 0 radical (unpaired) electrons. The Morgan fingerprint density at radius 2 is 2.12 bits per heavy atom. The van der Waals surface area contributed by atoms with E-state index in [0.717, 1.165) is 31.5 Å². The molecule has 2 aliphatic rings. The number of nitrogens with zero attached hydrogens (tertiary/aromatic N) is 4. The third kappa shape index (κ3) is 3.86. The molecule has 144 valence electrons. The van der Waals surface area contributed by atoms with Crippen LogP contribution in [0.3, 0.4) is 0 Å². The summed E-state index contributed by atoms with van der Waals surface area (Å²) < 4.78 is 7.76. The zero-order valence-corrected chi connectivity index (χ0v) is 16.1. The first-order valence-electron chi connectivity index (χ1n) is 9.69. The minimum absolute atomic E-state index is 0.161. The summed E-state index contributed by atoms with van der Waals surface area (Å²) >= 11 is 0. The fourth-order valence-corrected chi connectivity index (χ4v) is 4.00. The lowest BCUT2D eigenvalue weighted by atomic mass is 9.90. The Kier molecular flexibility index (Phi) is 5.53. The summed E-state index contributed by atoms with van der Waals surface area (Å²) in [7, 11) is 0. The standard InChI is InChI=1S/C19H30N4O3/c1-4-5-15(2)23-14-19(26-18(23)25)7-11-22(12-8-19)17(24)6-10-21-13-9-20-16(21)3/h9,13,15H,4-8,10-12,14H2,1-3H3. The molecule has 2 fully saturated rings. The molecule has 2 amide bonds. The highest BCUT2D eigenvalue weighted by Crippen LogP contribution is 2.34. The van der Waals surface area contributed by atoms with E-state index in [-0.39, 0.29) is 18.0 Å². The van der Waals surface area contributed by atoms with Crippen LogP contribution in [0.2, 0.25) is 0 Å². The number of hydrogen-bond donors (Lipinski definition) is 0. The van der Waals surface area contributed by atoms with E-state index in [9.17, 15) is 9.59 Å². The Bertz CT molecular complexity index is 649. The van der Waals surface area contributed by atoms with E-state index < -0.39 is 5.60 Å². The summed E-state index contributed by atoms with van der Waals surface area (Å²) in [4.78, 5) is 32.7. The van der Waals surface area contributed by atoms with Crippen LogP contribution >= 0.6 is 0 Å². The Labute approximate surface area is 155 Å². The quantitative estimate of drug-likeness (QED) is 0.780. The number of amides is 2. The first-order valence-corrected chi connectivity index (χ1v) is 9.69. The fourth-order valence-electron chi connectivity index (χ4n) is 4.00. The molecule has 2 saturated heterocycles. The Morgan fingerprint density at radius 1 is 1.38 bits per heavy atom. The first kappa shape index (κ1) is 18.7. The van der Waals surface area contributed by atoms with Crippen LogP contribution in [0.25, 0.3) is 0 Å². The summed E-state index contributed by atoms with van der Waals surface area (Å²) in [6.45, 7) is 8.78. The van der Waals surface area contributed by atoms with Gasteiger partial charge >= 0.3 is 6.09 Å². The van der Waals surface area contributed by atoms with Crippen molar-refractivity contribution in [3.63, 3.8) is 0 Å². The Balaban J connectivity index is 1.50. The lowest BCUT2D eigenvalue weighted by molar-refractivity contribution is -0.134. The van der Waals surface area contributed by atoms with Crippen molar-refractivity contribution >= 4 is 12.0 Å². The maximum Gasteiger partial charge on any atom is 0.410 e. The summed E-state index contributed by atoms with van der Waals surface area (Å²) in [6.07, 6.45) is 7.43. The first-order chi connectivity index (χ1) is 12.4. The number of piperidine rings is 1. The Hall–Kier alpha value is -2.05. The normalized spacial score (nSPS) is 20.5. The number of carbonyl (C=O) groups is 2. The lowest BCUT2D eigenvalue weighted by Gasteiger charge is -2.37. The van der Waals surface area contributed by atoms with Gasteiger partial charge in [-0.15, -0.1) is 0 Å². The maximum atomic E-state index is 12.5. The molecule has 0 aliphatic carbocycles. The van der Waals surface area contributed by atoms with Crippen molar-refractivity contribution in [3.05, 3.63) is 18.2 Å². The monoisotopic (exact) mass is 362 g/mol. The second-order valence-electron chi connectivity index (χ2n) is 7.62. The average molecular weight is 362 g/mol. The van der Waals surface area contributed by atoms with E-state index in [2.05, 4.69) is 18.8 Å². The summed E-state index contributed by atoms with van der Waals surface area (Å²) in [5.41, 5.74) is -0.406. The predicted molar refractivity (Wildman–Crippen MR) is 97.7 cm³/mol. The fraction of sp³-hybridized carbons (Fsp3) is 0.737. The van der Waals surface area contributed by atoms with Crippen molar-refractivity contribution in [2.45, 2.75) is 71.1 Å². The minimum Gasteiger partial charge on any atom is -0.441 e. The molecule has 1 aromatic heterocycles. The number of rotatable bonds is 6. The molecule has 0 saturated carbocycles.